The first-order chi connectivity index (χ1) is 20.6. The normalized spacial score (nSPS) is 18.5. The number of likely N-dealkylation sites (tertiary alicyclic amines) is 1. The molecule has 0 spiro atoms. The Morgan fingerprint density at radius 3 is 1.98 bits per heavy atom. The fourth-order valence-corrected chi connectivity index (χ4v) is 11.8. The molecule has 1 aliphatic rings. The average molecular weight is 631 g/mol. The Morgan fingerprint density at radius 2 is 1.42 bits per heavy atom. The zero-order chi connectivity index (χ0) is 30.6. The number of halogens is 2. The lowest BCUT2D eigenvalue weighted by molar-refractivity contribution is -0.140. The second-order valence-corrected chi connectivity index (χ2v) is 17.8. The maximum absolute atomic E-state index is 13.7. The van der Waals surface area contributed by atoms with Crippen LogP contribution in [0.3, 0.4) is 0 Å². The highest BCUT2D eigenvalue weighted by Crippen LogP contribution is 2.45. The number of nitrogens with zero attached hydrogens (tertiary/aromatic N) is 1. The zero-order valence-corrected chi connectivity index (χ0v) is 28.0. The topological polar surface area (TPSA) is 29.5 Å². The number of carbonyl (C=O) groups excluding carboxylic acids is 1. The first-order valence-electron chi connectivity index (χ1n) is 15.2. The summed E-state index contributed by atoms with van der Waals surface area (Å²) in [5, 5.41) is 3.81. The monoisotopic (exact) mass is 629 g/mol. The molecule has 0 radical (unpaired) electrons. The minimum atomic E-state index is -2.68. The number of hydrogen-bond donors (Lipinski definition) is 0. The number of piperidine rings is 1. The summed E-state index contributed by atoms with van der Waals surface area (Å²) in [4.78, 5) is 15.8. The van der Waals surface area contributed by atoms with Crippen LogP contribution in [-0.4, -0.2) is 31.8 Å². The summed E-state index contributed by atoms with van der Waals surface area (Å²) < 4.78 is 7.21. The van der Waals surface area contributed by atoms with E-state index in [-0.39, 0.29) is 28.9 Å². The Hall–Kier alpha value is -2.89. The average Bonchev–Trinajstić information content (AvgIpc) is 3.00. The molecule has 3 atom stereocenters. The molecule has 1 saturated heterocycles. The van der Waals surface area contributed by atoms with Gasteiger partial charge in [0.05, 0.1) is 6.04 Å². The van der Waals surface area contributed by atoms with Gasteiger partial charge in [0.2, 0.25) is 5.91 Å². The van der Waals surface area contributed by atoms with Crippen molar-refractivity contribution in [1.82, 2.24) is 4.90 Å². The molecule has 6 heteroatoms. The van der Waals surface area contributed by atoms with Gasteiger partial charge in [0, 0.05) is 35.0 Å². The number of rotatable bonds is 9. The Labute approximate surface area is 267 Å². The van der Waals surface area contributed by atoms with Gasteiger partial charge in [-0.3, -0.25) is 4.79 Å². The minimum Gasteiger partial charge on any atom is -0.407 e. The van der Waals surface area contributed by atoms with Crippen LogP contribution >= 0.6 is 23.2 Å². The second kappa shape index (κ2) is 13.4. The van der Waals surface area contributed by atoms with Gasteiger partial charge in [-0.05, 0) is 70.6 Å². The number of amides is 1. The van der Waals surface area contributed by atoms with Crippen molar-refractivity contribution in [1.29, 1.82) is 0 Å². The molecule has 1 aliphatic heterocycles. The lowest BCUT2D eigenvalue weighted by Gasteiger charge is -2.46. The predicted octanol–water partition coefficient (Wildman–Crippen LogP) is 8.80. The highest BCUT2D eigenvalue weighted by molar-refractivity contribution is 6.99. The van der Waals surface area contributed by atoms with Crippen LogP contribution in [-0.2, 0) is 9.22 Å². The summed E-state index contributed by atoms with van der Waals surface area (Å²) >= 11 is 12.7. The molecule has 3 nitrogen and oxygen atoms in total. The van der Waals surface area contributed by atoms with Crippen LogP contribution in [0, 0.1) is 0 Å². The summed E-state index contributed by atoms with van der Waals surface area (Å²) in [5.74, 6) is 0.300. The smallest absolute Gasteiger partial charge is 0.261 e. The largest absolute Gasteiger partial charge is 0.407 e. The predicted molar refractivity (Wildman–Crippen MR) is 182 cm³/mol. The van der Waals surface area contributed by atoms with Gasteiger partial charge < -0.3 is 9.33 Å². The standard InChI is InChI=1S/C37H41Cl2NO2Si/c1-27(24-25-42-43(37(2,3)4,32-14-7-5-8-15-32)33-16-9-6-10-17-33)40-35(41)23-22-34(29-12-11-13-31(39)26-29)36(40)28-18-20-30(38)21-19-28/h5-21,26-27,34,36H,22-25H2,1-4H3/t27-,34?,36?/m0/s1. The van der Waals surface area contributed by atoms with E-state index in [1.807, 2.05) is 30.3 Å². The van der Waals surface area contributed by atoms with Gasteiger partial charge >= 0.3 is 0 Å². The van der Waals surface area contributed by atoms with Crippen molar-refractivity contribution in [2.45, 2.75) is 70.0 Å². The molecule has 43 heavy (non-hydrogen) atoms. The molecular weight excluding hydrogens is 589 g/mol. The van der Waals surface area contributed by atoms with E-state index in [0.717, 1.165) is 24.0 Å². The Balaban J connectivity index is 1.47. The summed E-state index contributed by atoms with van der Waals surface area (Å²) in [5.41, 5.74) is 2.24. The van der Waals surface area contributed by atoms with Gasteiger partial charge in [0.25, 0.3) is 8.32 Å². The van der Waals surface area contributed by atoms with Gasteiger partial charge in [-0.2, -0.15) is 0 Å². The molecule has 0 N–H and O–H groups in total. The summed E-state index contributed by atoms with van der Waals surface area (Å²) in [6, 6.07) is 37.3. The van der Waals surface area contributed by atoms with Gasteiger partial charge in [0.1, 0.15) is 0 Å². The van der Waals surface area contributed by atoms with E-state index in [9.17, 15) is 4.79 Å². The van der Waals surface area contributed by atoms with E-state index in [4.69, 9.17) is 27.6 Å². The van der Waals surface area contributed by atoms with Gasteiger partial charge in [-0.15, -0.1) is 0 Å². The third kappa shape index (κ3) is 6.63. The van der Waals surface area contributed by atoms with Gasteiger partial charge in [0.15, 0.2) is 0 Å². The Morgan fingerprint density at radius 1 is 0.814 bits per heavy atom. The molecule has 4 aromatic carbocycles. The lowest BCUT2D eigenvalue weighted by Crippen LogP contribution is -2.66. The molecule has 5 rings (SSSR count). The van der Waals surface area contributed by atoms with Crippen LogP contribution < -0.4 is 10.4 Å². The minimum absolute atomic E-state index is 0.0339. The van der Waals surface area contributed by atoms with E-state index in [1.165, 1.54) is 10.4 Å². The highest BCUT2D eigenvalue weighted by Gasteiger charge is 2.50. The van der Waals surface area contributed by atoms with E-state index in [0.29, 0.717) is 23.1 Å². The molecule has 0 saturated carbocycles. The zero-order valence-electron chi connectivity index (χ0n) is 25.5. The number of benzene rings is 4. The van der Waals surface area contributed by atoms with Crippen LogP contribution in [0.25, 0.3) is 0 Å². The molecule has 1 amide bonds. The SMILES string of the molecule is C[C@@H](CCO[Si](c1ccccc1)(c1ccccc1)C(C)(C)C)N1C(=O)CCC(c2cccc(Cl)c2)C1c1ccc(Cl)cc1. The third-order valence-corrected chi connectivity index (χ3v) is 14.4. The molecule has 1 heterocycles. The first kappa shape index (κ1) is 31.5. The first-order valence-corrected chi connectivity index (χ1v) is 17.9. The van der Waals surface area contributed by atoms with Gasteiger partial charge in [-0.1, -0.05) is 129 Å². The second-order valence-electron chi connectivity index (χ2n) is 12.6. The van der Waals surface area contributed by atoms with Crippen molar-refractivity contribution >= 4 is 47.8 Å². The maximum atomic E-state index is 13.7. The summed E-state index contributed by atoms with van der Waals surface area (Å²) in [7, 11) is -2.68. The molecule has 2 unspecified atom stereocenters. The van der Waals surface area contributed by atoms with E-state index >= 15 is 0 Å². The Kier molecular flexibility index (Phi) is 9.82. The van der Waals surface area contributed by atoms with Crippen molar-refractivity contribution in [3.63, 3.8) is 0 Å². The molecular formula is C37H41Cl2NO2Si. The maximum Gasteiger partial charge on any atom is 0.261 e. The molecule has 0 bridgehead atoms. The number of carbonyl (C=O) groups is 1. The lowest BCUT2D eigenvalue weighted by atomic mass is 9.79. The molecule has 1 fully saturated rings. The van der Waals surface area contributed by atoms with Crippen molar-refractivity contribution in [3.8, 4) is 0 Å². The van der Waals surface area contributed by atoms with Crippen LogP contribution in [0.2, 0.25) is 15.1 Å². The van der Waals surface area contributed by atoms with E-state index in [1.54, 1.807) is 0 Å². The van der Waals surface area contributed by atoms with Crippen molar-refractivity contribution in [3.05, 3.63) is 130 Å². The van der Waals surface area contributed by atoms with Gasteiger partial charge in [-0.25, -0.2) is 0 Å². The summed E-state index contributed by atoms with van der Waals surface area (Å²) in [6.07, 6.45) is 2.00. The molecule has 0 aliphatic carbocycles. The van der Waals surface area contributed by atoms with Crippen molar-refractivity contribution in [2.24, 2.45) is 0 Å². The fraction of sp³-hybridized carbons (Fsp3) is 0.324. The van der Waals surface area contributed by atoms with E-state index < -0.39 is 8.32 Å². The quantitative estimate of drug-likeness (QED) is 0.173. The van der Waals surface area contributed by atoms with Crippen LogP contribution in [0.15, 0.2) is 109 Å². The molecule has 0 aromatic heterocycles. The van der Waals surface area contributed by atoms with Crippen molar-refractivity contribution < 1.29 is 9.22 Å². The number of hydrogen-bond acceptors (Lipinski definition) is 2. The highest BCUT2D eigenvalue weighted by atomic mass is 35.5. The molecule has 224 valence electrons. The fourth-order valence-electron chi connectivity index (χ4n) is 6.86. The molecule has 4 aromatic rings. The van der Waals surface area contributed by atoms with Crippen molar-refractivity contribution in [2.75, 3.05) is 6.61 Å². The van der Waals surface area contributed by atoms with Crippen LogP contribution in [0.1, 0.15) is 70.0 Å². The Bertz CT molecular complexity index is 1470. The van der Waals surface area contributed by atoms with Crippen LogP contribution in [0.4, 0.5) is 0 Å². The summed E-state index contributed by atoms with van der Waals surface area (Å²) in [6.45, 7) is 9.60. The third-order valence-electron chi connectivity index (χ3n) is 8.87. The van der Waals surface area contributed by atoms with Crippen LogP contribution in [0.5, 0.6) is 0 Å². The van der Waals surface area contributed by atoms with E-state index in [2.05, 4.69) is 111 Å².